The molecule has 0 N–H and O–H groups in total. The van der Waals surface area contributed by atoms with Gasteiger partial charge in [0.2, 0.25) is 0 Å². The number of fused-ring (bicyclic) bond motifs is 1. The number of Topliss-reactive ketones (excluding diaryl/α,β-unsaturated/α-hetero) is 1. The molecule has 0 fully saturated rings. The maximum atomic E-state index is 12.2. The van der Waals surface area contributed by atoms with Gasteiger partial charge in [-0.2, -0.15) is 0 Å². The van der Waals surface area contributed by atoms with Crippen LogP contribution in [-0.2, 0) is 0 Å². The maximum absolute atomic E-state index is 12.2. The minimum absolute atomic E-state index is 0.0881. The Morgan fingerprint density at radius 3 is 2.47 bits per heavy atom. The summed E-state index contributed by atoms with van der Waals surface area (Å²) in [5, 5.41) is 0.702. The lowest BCUT2D eigenvalue weighted by atomic mass is 9.87. The van der Waals surface area contributed by atoms with Crippen molar-refractivity contribution in [2.24, 2.45) is 5.41 Å². The van der Waals surface area contributed by atoms with Crippen molar-refractivity contribution in [1.82, 2.24) is 0 Å². The fourth-order valence-electron chi connectivity index (χ4n) is 1.78. The monoisotopic (exact) mass is 260 g/mol. The molecule has 19 heavy (non-hydrogen) atoms. The largest absolute Gasteiger partial charge is 0.497 e. The standard InChI is InChI=1S/C15H16O4/c1-15(2,3)13(16)11-7-9-5-6-10(18-4)8-12(9)19-14(11)17/h5-8H,1-4H3. The van der Waals surface area contributed by atoms with Gasteiger partial charge >= 0.3 is 5.63 Å². The quantitative estimate of drug-likeness (QED) is 0.615. The molecule has 4 nitrogen and oxygen atoms in total. The molecule has 0 atom stereocenters. The number of carbonyl (C=O) groups excluding carboxylic acids is 1. The molecule has 0 saturated heterocycles. The van der Waals surface area contributed by atoms with E-state index in [1.807, 2.05) is 0 Å². The van der Waals surface area contributed by atoms with Crippen LogP contribution in [0.25, 0.3) is 11.0 Å². The molecule has 0 radical (unpaired) electrons. The number of methoxy groups -OCH3 is 1. The van der Waals surface area contributed by atoms with E-state index in [4.69, 9.17) is 9.15 Å². The van der Waals surface area contributed by atoms with E-state index in [9.17, 15) is 9.59 Å². The van der Waals surface area contributed by atoms with E-state index < -0.39 is 11.0 Å². The fraction of sp³-hybridized carbons (Fsp3) is 0.333. The Labute approximate surface area is 111 Å². The van der Waals surface area contributed by atoms with Gasteiger partial charge in [0.1, 0.15) is 16.9 Å². The van der Waals surface area contributed by atoms with Gasteiger partial charge in [-0.05, 0) is 18.2 Å². The number of hydrogen-bond acceptors (Lipinski definition) is 4. The zero-order chi connectivity index (χ0) is 14.2. The van der Waals surface area contributed by atoms with Crippen LogP contribution in [0.15, 0.2) is 33.5 Å². The minimum Gasteiger partial charge on any atom is -0.497 e. The smallest absolute Gasteiger partial charge is 0.347 e. The number of ketones is 1. The van der Waals surface area contributed by atoms with Crippen LogP contribution in [0.3, 0.4) is 0 Å². The number of carbonyl (C=O) groups is 1. The van der Waals surface area contributed by atoms with Gasteiger partial charge in [0.25, 0.3) is 0 Å². The first kappa shape index (κ1) is 13.3. The summed E-state index contributed by atoms with van der Waals surface area (Å²) in [6.45, 7) is 5.31. The zero-order valence-corrected chi connectivity index (χ0v) is 11.4. The normalized spacial score (nSPS) is 11.6. The van der Waals surface area contributed by atoms with Crippen molar-refractivity contribution >= 4 is 16.8 Å². The summed E-state index contributed by atoms with van der Waals surface area (Å²) in [5.74, 6) is 0.379. The molecular formula is C15H16O4. The van der Waals surface area contributed by atoms with Crippen molar-refractivity contribution in [2.45, 2.75) is 20.8 Å². The second-order valence-electron chi connectivity index (χ2n) is 5.43. The van der Waals surface area contributed by atoms with E-state index in [0.29, 0.717) is 16.7 Å². The predicted octanol–water partition coefficient (Wildman–Crippen LogP) is 3.03. The van der Waals surface area contributed by atoms with E-state index >= 15 is 0 Å². The average Bonchev–Trinajstić information content (AvgIpc) is 2.35. The van der Waals surface area contributed by atoms with E-state index in [2.05, 4.69) is 0 Å². The molecule has 2 rings (SSSR count). The highest BCUT2D eigenvalue weighted by molar-refractivity contribution is 6.01. The summed E-state index contributed by atoms with van der Waals surface area (Å²) in [6.07, 6.45) is 0. The third-order valence-corrected chi connectivity index (χ3v) is 2.87. The van der Waals surface area contributed by atoms with E-state index in [-0.39, 0.29) is 11.3 Å². The van der Waals surface area contributed by atoms with Crippen molar-refractivity contribution in [2.75, 3.05) is 7.11 Å². The van der Waals surface area contributed by atoms with Crippen LogP contribution in [0, 0.1) is 5.41 Å². The summed E-state index contributed by atoms with van der Waals surface area (Å²) >= 11 is 0. The lowest BCUT2D eigenvalue weighted by molar-refractivity contribution is 0.0854. The fourth-order valence-corrected chi connectivity index (χ4v) is 1.78. The van der Waals surface area contributed by atoms with Crippen LogP contribution in [0.5, 0.6) is 5.75 Å². The van der Waals surface area contributed by atoms with Crippen molar-refractivity contribution in [3.05, 3.63) is 40.2 Å². The Kier molecular flexibility index (Phi) is 3.18. The summed E-state index contributed by atoms with van der Waals surface area (Å²) < 4.78 is 10.3. The molecule has 4 heteroatoms. The Morgan fingerprint density at radius 1 is 1.21 bits per heavy atom. The van der Waals surface area contributed by atoms with Gasteiger partial charge < -0.3 is 9.15 Å². The molecular weight excluding hydrogens is 244 g/mol. The molecule has 0 unspecified atom stereocenters. The molecule has 0 aliphatic heterocycles. The topological polar surface area (TPSA) is 56.5 Å². The average molecular weight is 260 g/mol. The third-order valence-electron chi connectivity index (χ3n) is 2.87. The maximum Gasteiger partial charge on any atom is 0.347 e. The zero-order valence-electron chi connectivity index (χ0n) is 11.4. The number of rotatable bonds is 2. The van der Waals surface area contributed by atoms with Crippen LogP contribution in [0.2, 0.25) is 0 Å². The van der Waals surface area contributed by atoms with E-state index in [1.54, 1.807) is 45.0 Å². The van der Waals surface area contributed by atoms with Gasteiger partial charge in [-0.1, -0.05) is 20.8 Å². The Morgan fingerprint density at radius 2 is 1.89 bits per heavy atom. The highest BCUT2D eigenvalue weighted by Gasteiger charge is 2.26. The van der Waals surface area contributed by atoms with Gasteiger partial charge in [0.15, 0.2) is 5.78 Å². The van der Waals surface area contributed by atoms with Crippen molar-refractivity contribution in [3.8, 4) is 5.75 Å². The first-order chi connectivity index (χ1) is 8.82. The molecule has 1 aromatic heterocycles. The molecule has 0 aliphatic rings. The molecule has 0 amide bonds. The summed E-state index contributed by atoms with van der Waals surface area (Å²) in [4.78, 5) is 24.1. The van der Waals surface area contributed by atoms with Crippen LogP contribution < -0.4 is 10.4 Å². The molecule has 0 aliphatic carbocycles. The van der Waals surface area contributed by atoms with Crippen LogP contribution in [-0.4, -0.2) is 12.9 Å². The van der Waals surface area contributed by atoms with Gasteiger partial charge in [0, 0.05) is 16.9 Å². The van der Waals surface area contributed by atoms with Gasteiger partial charge in [-0.3, -0.25) is 4.79 Å². The number of benzene rings is 1. The number of hydrogen-bond donors (Lipinski definition) is 0. The molecule has 0 saturated carbocycles. The Balaban J connectivity index is 2.64. The molecule has 1 aromatic carbocycles. The highest BCUT2D eigenvalue weighted by Crippen LogP contribution is 2.23. The Bertz CT molecular complexity index is 689. The summed E-state index contributed by atoms with van der Waals surface area (Å²) in [5.41, 5.74) is -0.727. The van der Waals surface area contributed by atoms with E-state index in [0.717, 1.165) is 0 Å². The second kappa shape index (κ2) is 4.53. The lowest BCUT2D eigenvalue weighted by Crippen LogP contribution is -2.25. The van der Waals surface area contributed by atoms with Gasteiger partial charge in [-0.15, -0.1) is 0 Å². The summed E-state index contributed by atoms with van der Waals surface area (Å²) in [7, 11) is 1.54. The molecule has 0 bridgehead atoms. The highest BCUT2D eigenvalue weighted by atomic mass is 16.5. The van der Waals surface area contributed by atoms with E-state index in [1.165, 1.54) is 7.11 Å². The third kappa shape index (κ3) is 2.52. The molecule has 100 valence electrons. The van der Waals surface area contributed by atoms with Crippen molar-refractivity contribution in [3.63, 3.8) is 0 Å². The predicted molar refractivity (Wildman–Crippen MR) is 72.8 cm³/mol. The van der Waals surface area contributed by atoms with Crippen molar-refractivity contribution < 1.29 is 13.9 Å². The molecule has 1 heterocycles. The molecule has 2 aromatic rings. The lowest BCUT2D eigenvalue weighted by Gasteiger charge is -2.15. The molecule has 0 spiro atoms. The second-order valence-corrected chi connectivity index (χ2v) is 5.43. The summed E-state index contributed by atoms with van der Waals surface area (Å²) in [6, 6.07) is 6.72. The first-order valence-electron chi connectivity index (χ1n) is 5.99. The first-order valence-corrected chi connectivity index (χ1v) is 5.99. The van der Waals surface area contributed by atoms with Crippen LogP contribution >= 0.6 is 0 Å². The van der Waals surface area contributed by atoms with Crippen LogP contribution in [0.1, 0.15) is 31.1 Å². The van der Waals surface area contributed by atoms with Gasteiger partial charge in [-0.25, -0.2) is 4.79 Å². The SMILES string of the molecule is COc1ccc2cc(C(=O)C(C)(C)C)c(=O)oc2c1. The van der Waals surface area contributed by atoms with Gasteiger partial charge in [0.05, 0.1) is 7.11 Å². The Hall–Kier alpha value is -2.10. The van der Waals surface area contributed by atoms with Crippen molar-refractivity contribution in [1.29, 1.82) is 0 Å². The van der Waals surface area contributed by atoms with Crippen LogP contribution in [0.4, 0.5) is 0 Å². The minimum atomic E-state index is -0.616. The number of ether oxygens (including phenoxy) is 1.